The molecule has 0 saturated carbocycles. The second-order valence-electron chi connectivity index (χ2n) is 5.53. The Hall–Kier alpha value is -0.870. The topological polar surface area (TPSA) is 46.2 Å². The molecule has 0 fully saturated rings. The first-order valence-electron chi connectivity index (χ1n) is 7.26. The van der Waals surface area contributed by atoms with Gasteiger partial charge in [-0.15, -0.1) is 0 Å². The molecule has 0 spiro atoms. The van der Waals surface area contributed by atoms with Crippen LogP contribution in [0.3, 0.4) is 0 Å². The molecular weight excluding hydrogens is 270 g/mol. The lowest BCUT2D eigenvalue weighted by Crippen LogP contribution is -2.20. The van der Waals surface area contributed by atoms with Gasteiger partial charge in [-0.05, 0) is 57.4 Å². The van der Waals surface area contributed by atoms with Crippen LogP contribution in [-0.4, -0.2) is 27.0 Å². The molecule has 1 atom stereocenters. The normalized spacial score (nSPS) is 13.4. The molecule has 3 nitrogen and oxygen atoms in total. The molecule has 1 unspecified atom stereocenters. The van der Waals surface area contributed by atoms with Crippen LogP contribution >= 0.6 is 0 Å². The zero-order valence-corrected chi connectivity index (χ0v) is 14.1. The van der Waals surface area contributed by atoms with Crippen LogP contribution in [0.2, 0.25) is 0 Å². The van der Waals surface area contributed by atoms with Gasteiger partial charge in [-0.25, -0.2) is 8.42 Å². The number of nitrogens with one attached hydrogen (secondary N) is 1. The van der Waals surface area contributed by atoms with Gasteiger partial charge in [0.15, 0.2) is 0 Å². The third-order valence-corrected chi connectivity index (χ3v) is 5.61. The van der Waals surface area contributed by atoms with Gasteiger partial charge >= 0.3 is 0 Å². The van der Waals surface area contributed by atoms with Crippen LogP contribution in [0.1, 0.15) is 48.1 Å². The zero-order valence-electron chi connectivity index (χ0n) is 13.3. The van der Waals surface area contributed by atoms with Crippen LogP contribution in [0.15, 0.2) is 12.1 Å². The van der Waals surface area contributed by atoms with E-state index in [4.69, 9.17) is 0 Å². The Balaban J connectivity index is 2.82. The minimum Gasteiger partial charge on any atom is -0.313 e. The number of hydrogen-bond acceptors (Lipinski definition) is 3. The lowest BCUT2D eigenvalue weighted by atomic mass is 9.92. The summed E-state index contributed by atoms with van der Waals surface area (Å²) >= 11 is 0. The van der Waals surface area contributed by atoms with Gasteiger partial charge in [0, 0.05) is 11.8 Å². The minimum atomic E-state index is -2.86. The molecule has 1 N–H and O–H groups in total. The molecule has 0 aliphatic carbocycles. The summed E-state index contributed by atoms with van der Waals surface area (Å²) in [6, 6.07) is 4.60. The van der Waals surface area contributed by atoms with Gasteiger partial charge in [0.25, 0.3) is 0 Å². The van der Waals surface area contributed by atoms with Crippen molar-refractivity contribution in [3.05, 3.63) is 34.4 Å². The summed E-state index contributed by atoms with van der Waals surface area (Å²) in [5, 5.41) is 3.33. The SMILES string of the molecule is CCS(=O)(=O)CCCC(NC)c1c(C)cc(C)cc1C. The molecule has 0 saturated heterocycles. The fourth-order valence-corrected chi connectivity index (χ4v) is 3.72. The molecule has 114 valence electrons. The van der Waals surface area contributed by atoms with Crippen molar-refractivity contribution in [2.24, 2.45) is 0 Å². The van der Waals surface area contributed by atoms with E-state index in [-0.39, 0.29) is 17.5 Å². The highest BCUT2D eigenvalue weighted by atomic mass is 32.2. The Labute approximate surface area is 123 Å². The minimum absolute atomic E-state index is 0.225. The van der Waals surface area contributed by atoms with Gasteiger partial charge in [0.1, 0.15) is 9.84 Å². The van der Waals surface area contributed by atoms with E-state index < -0.39 is 9.84 Å². The molecule has 0 radical (unpaired) electrons. The first-order valence-corrected chi connectivity index (χ1v) is 9.08. The molecule has 20 heavy (non-hydrogen) atoms. The van der Waals surface area contributed by atoms with Crippen molar-refractivity contribution in [1.82, 2.24) is 5.32 Å². The molecule has 0 bridgehead atoms. The largest absolute Gasteiger partial charge is 0.313 e. The highest BCUT2D eigenvalue weighted by Crippen LogP contribution is 2.26. The van der Waals surface area contributed by atoms with Crippen molar-refractivity contribution >= 4 is 9.84 Å². The van der Waals surface area contributed by atoms with Crippen molar-refractivity contribution in [2.75, 3.05) is 18.6 Å². The highest BCUT2D eigenvalue weighted by molar-refractivity contribution is 7.91. The number of sulfone groups is 1. The maximum atomic E-state index is 11.6. The van der Waals surface area contributed by atoms with Crippen molar-refractivity contribution in [3.8, 4) is 0 Å². The van der Waals surface area contributed by atoms with Gasteiger partial charge in [-0.3, -0.25) is 0 Å². The van der Waals surface area contributed by atoms with E-state index in [1.54, 1.807) is 6.92 Å². The van der Waals surface area contributed by atoms with Crippen LogP contribution in [-0.2, 0) is 9.84 Å². The Morgan fingerprint density at radius 2 is 1.70 bits per heavy atom. The first kappa shape index (κ1) is 17.2. The lowest BCUT2D eigenvalue weighted by Gasteiger charge is -2.22. The van der Waals surface area contributed by atoms with Gasteiger partial charge in [0.05, 0.1) is 5.75 Å². The van der Waals surface area contributed by atoms with E-state index >= 15 is 0 Å². The molecule has 0 aromatic heterocycles. The predicted molar refractivity (Wildman–Crippen MR) is 86.0 cm³/mol. The molecule has 1 rings (SSSR count). The van der Waals surface area contributed by atoms with Gasteiger partial charge < -0.3 is 5.32 Å². The van der Waals surface area contributed by atoms with Crippen LogP contribution in [0.5, 0.6) is 0 Å². The number of benzene rings is 1. The predicted octanol–water partition coefficient (Wildman–Crippen LogP) is 3.09. The third kappa shape index (κ3) is 4.60. The molecular formula is C16H27NO2S. The highest BCUT2D eigenvalue weighted by Gasteiger charge is 2.16. The van der Waals surface area contributed by atoms with Crippen molar-refractivity contribution in [1.29, 1.82) is 0 Å². The first-order chi connectivity index (χ1) is 9.30. The monoisotopic (exact) mass is 297 g/mol. The summed E-state index contributed by atoms with van der Waals surface area (Å²) in [5.41, 5.74) is 5.14. The van der Waals surface area contributed by atoms with Crippen LogP contribution in [0.4, 0.5) is 0 Å². The summed E-state index contributed by atoms with van der Waals surface area (Å²) in [7, 11) is -0.918. The fraction of sp³-hybridized carbons (Fsp3) is 0.625. The Morgan fingerprint density at radius 3 is 2.15 bits per heavy atom. The average Bonchev–Trinajstić information content (AvgIpc) is 2.35. The summed E-state index contributed by atoms with van der Waals surface area (Å²) in [6.07, 6.45) is 1.55. The molecule has 0 heterocycles. The van der Waals surface area contributed by atoms with E-state index in [0.717, 1.165) is 6.42 Å². The zero-order chi connectivity index (χ0) is 15.3. The lowest BCUT2D eigenvalue weighted by molar-refractivity contribution is 0.531. The molecule has 0 aliphatic rings. The molecule has 0 aliphatic heterocycles. The molecule has 1 aromatic carbocycles. The molecule has 1 aromatic rings. The van der Waals surface area contributed by atoms with Gasteiger partial charge in [0.2, 0.25) is 0 Å². The van der Waals surface area contributed by atoms with Crippen molar-refractivity contribution < 1.29 is 8.42 Å². The Morgan fingerprint density at radius 1 is 1.15 bits per heavy atom. The standard InChI is InChI=1S/C16H27NO2S/c1-6-20(18,19)9-7-8-15(17-5)16-13(3)10-12(2)11-14(16)4/h10-11,15,17H,6-9H2,1-5H3. The Bertz CT molecular complexity index is 527. The van der Waals surface area contributed by atoms with Crippen LogP contribution in [0, 0.1) is 20.8 Å². The second-order valence-corrected chi connectivity index (χ2v) is 8.00. The average molecular weight is 297 g/mol. The maximum absolute atomic E-state index is 11.6. The molecule has 4 heteroatoms. The smallest absolute Gasteiger partial charge is 0.150 e. The fourth-order valence-electron chi connectivity index (χ4n) is 2.83. The van der Waals surface area contributed by atoms with Crippen LogP contribution in [0.25, 0.3) is 0 Å². The quantitative estimate of drug-likeness (QED) is 0.841. The molecule has 0 amide bonds. The summed E-state index contributed by atoms with van der Waals surface area (Å²) in [6.45, 7) is 8.07. The van der Waals surface area contributed by atoms with E-state index in [1.165, 1.54) is 22.3 Å². The van der Waals surface area contributed by atoms with E-state index in [0.29, 0.717) is 6.42 Å². The van der Waals surface area contributed by atoms with Gasteiger partial charge in [-0.1, -0.05) is 24.6 Å². The maximum Gasteiger partial charge on any atom is 0.150 e. The second kappa shape index (κ2) is 7.23. The van der Waals surface area contributed by atoms with Crippen LogP contribution < -0.4 is 5.32 Å². The Kier molecular flexibility index (Phi) is 6.21. The number of hydrogen-bond donors (Lipinski definition) is 1. The van der Waals surface area contributed by atoms with Crippen molar-refractivity contribution in [3.63, 3.8) is 0 Å². The van der Waals surface area contributed by atoms with E-state index in [2.05, 4.69) is 38.2 Å². The third-order valence-electron chi connectivity index (χ3n) is 3.82. The van der Waals surface area contributed by atoms with Gasteiger partial charge in [-0.2, -0.15) is 0 Å². The number of rotatable bonds is 7. The summed E-state index contributed by atoms with van der Waals surface area (Å²) in [5.74, 6) is 0.519. The summed E-state index contributed by atoms with van der Waals surface area (Å²) in [4.78, 5) is 0. The van der Waals surface area contributed by atoms with E-state index in [1.807, 2.05) is 7.05 Å². The summed E-state index contributed by atoms with van der Waals surface area (Å²) < 4.78 is 23.1. The van der Waals surface area contributed by atoms with E-state index in [9.17, 15) is 8.42 Å². The van der Waals surface area contributed by atoms with Crippen molar-refractivity contribution in [2.45, 2.75) is 46.6 Å². The number of aryl methyl sites for hydroxylation is 3.